The van der Waals surface area contributed by atoms with E-state index in [1.54, 1.807) is 23.1 Å². The molecule has 1 fully saturated rings. The fourth-order valence-corrected chi connectivity index (χ4v) is 2.47. The number of aliphatic hydroxyl groups excluding tert-OH is 1. The molecule has 1 aromatic carbocycles. The number of carbonyl (C=O) groups excluding carboxylic acids is 1. The summed E-state index contributed by atoms with van der Waals surface area (Å²) in [5, 5.41) is 9.57. The number of hydrogen-bond acceptors (Lipinski definition) is 3. The van der Waals surface area contributed by atoms with Gasteiger partial charge in [-0.25, -0.2) is 0 Å². The van der Waals surface area contributed by atoms with Gasteiger partial charge in [-0.1, -0.05) is 17.7 Å². The first-order chi connectivity index (χ1) is 8.15. The summed E-state index contributed by atoms with van der Waals surface area (Å²) in [6, 6.07) is 4.90. The summed E-state index contributed by atoms with van der Waals surface area (Å²) in [6.07, 6.45) is 1.73. The van der Waals surface area contributed by atoms with E-state index in [1.165, 1.54) is 0 Å². The first-order valence-electron chi connectivity index (χ1n) is 5.61. The minimum atomic E-state index is -0.190. The van der Waals surface area contributed by atoms with Crippen molar-refractivity contribution in [3.8, 4) is 0 Å². The number of aliphatic hydroxyl groups is 1. The smallest absolute Gasteiger partial charge is 0.257 e. The fourth-order valence-electron chi connectivity index (χ4n) is 2.20. The molecule has 0 unspecified atom stereocenters. The van der Waals surface area contributed by atoms with E-state index in [0.29, 0.717) is 22.8 Å². The molecule has 4 nitrogen and oxygen atoms in total. The topological polar surface area (TPSA) is 66.6 Å². The molecule has 0 saturated carbocycles. The summed E-state index contributed by atoms with van der Waals surface area (Å²) in [7, 11) is 0. The summed E-state index contributed by atoms with van der Waals surface area (Å²) in [5.74, 6) is -0.190. The normalized spacial score (nSPS) is 19.6. The zero-order valence-electron chi connectivity index (χ0n) is 9.40. The lowest BCUT2D eigenvalue weighted by Gasteiger charge is -2.24. The van der Waals surface area contributed by atoms with E-state index < -0.39 is 0 Å². The Kier molecular flexibility index (Phi) is 3.54. The number of nitrogens with zero attached hydrogens (tertiary/aromatic N) is 1. The number of benzene rings is 1. The molecule has 0 aliphatic carbocycles. The van der Waals surface area contributed by atoms with Crippen molar-refractivity contribution in [3.05, 3.63) is 28.8 Å². The van der Waals surface area contributed by atoms with Crippen molar-refractivity contribution < 1.29 is 9.90 Å². The van der Waals surface area contributed by atoms with E-state index in [-0.39, 0.29) is 18.6 Å². The van der Waals surface area contributed by atoms with Gasteiger partial charge in [0.05, 0.1) is 23.2 Å². The molecule has 2 rings (SSSR count). The van der Waals surface area contributed by atoms with E-state index in [9.17, 15) is 9.90 Å². The molecule has 1 saturated heterocycles. The van der Waals surface area contributed by atoms with Crippen LogP contribution >= 0.6 is 11.6 Å². The van der Waals surface area contributed by atoms with Crippen molar-refractivity contribution in [2.45, 2.75) is 18.9 Å². The zero-order chi connectivity index (χ0) is 12.4. The Morgan fingerprint density at radius 1 is 1.59 bits per heavy atom. The van der Waals surface area contributed by atoms with Gasteiger partial charge in [-0.05, 0) is 25.0 Å². The molecule has 0 bridgehead atoms. The van der Waals surface area contributed by atoms with E-state index in [4.69, 9.17) is 17.3 Å². The van der Waals surface area contributed by atoms with Gasteiger partial charge >= 0.3 is 0 Å². The average Bonchev–Trinajstić information content (AvgIpc) is 2.76. The van der Waals surface area contributed by atoms with Gasteiger partial charge < -0.3 is 15.7 Å². The Morgan fingerprint density at radius 2 is 2.35 bits per heavy atom. The Morgan fingerprint density at radius 3 is 3.00 bits per heavy atom. The highest BCUT2D eigenvalue weighted by molar-refractivity contribution is 6.34. The first-order valence-corrected chi connectivity index (χ1v) is 5.98. The van der Waals surface area contributed by atoms with Gasteiger partial charge in [-0.2, -0.15) is 0 Å². The number of anilines is 1. The van der Waals surface area contributed by atoms with E-state index >= 15 is 0 Å². The van der Waals surface area contributed by atoms with E-state index in [1.807, 2.05) is 0 Å². The summed E-state index contributed by atoms with van der Waals surface area (Å²) >= 11 is 6.00. The maximum absolute atomic E-state index is 12.3. The average molecular weight is 255 g/mol. The van der Waals surface area contributed by atoms with Gasteiger partial charge in [0.2, 0.25) is 0 Å². The number of hydrogen-bond donors (Lipinski definition) is 2. The van der Waals surface area contributed by atoms with Crippen LogP contribution in [-0.2, 0) is 0 Å². The minimum Gasteiger partial charge on any atom is -0.398 e. The molecule has 1 aromatic rings. The molecular formula is C12H15ClN2O2. The molecule has 1 heterocycles. The SMILES string of the molecule is Nc1cccc(Cl)c1C(=O)N1CCC[C@@H]1CO. The van der Waals surface area contributed by atoms with Gasteiger partial charge in [-0.3, -0.25) is 4.79 Å². The van der Waals surface area contributed by atoms with Gasteiger partial charge in [0.25, 0.3) is 5.91 Å². The van der Waals surface area contributed by atoms with Crippen LogP contribution in [0.5, 0.6) is 0 Å². The predicted octanol–water partition coefficient (Wildman–Crippen LogP) is 1.52. The second-order valence-corrected chi connectivity index (χ2v) is 4.59. The molecule has 1 atom stereocenters. The number of nitrogens with two attached hydrogens (primary N) is 1. The number of likely N-dealkylation sites (tertiary alicyclic amines) is 1. The third-order valence-corrected chi connectivity index (χ3v) is 3.42. The van der Waals surface area contributed by atoms with Gasteiger partial charge in [0, 0.05) is 12.2 Å². The van der Waals surface area contributed by atoms with Crippen molar-refractivity contribution in [1.82, 2.24) is 4.90 Å². The molecule has 0 radical (unpaired) electrons. The lowest BCUT2D eigenvalue weighted by Crippen LogP contribution is -2.38. The zero-order valence-corrected chi connectivity index (χ0v) is 10.2. The molecule has 0 spiro atoms. The quantitative estimate of drug-likeness (QED) is 0.787. The highest BCUT2D eigenvalue weighted by Crippen LogP contribution is 2.27. The van der Waals surface area contributed by atoms with Crippen LogP contribution in [0.1, 0.15) is 23.2 Å². The molecule has 1 aliphatic rings. The highest BCUT2D eigenvalue weighted by atomic mass is 35.5. The van der Waals surface area contributed by atoms with Crippen LogP contribution in [0, 0.1) is 0 Å². The molecule has 17 heavy (non-hydrogen) atoms. The van der Waals surface area contributed by atoms with Crippen LogP contribution in [-0.4, -0.2) is 35.1 Å². The van der Waals surface area contributed by atoms with Crippen LogP contribution < -0.4 is 5.73 Å². The van der Waals surface area contributed by atoms with Gasteiger partial charge in [-0.15, -0.1) is 0 Å². The minimum absolute atomic E-state index is 0.0178. The second-order valence-electron chi connectivity index (χ2n) is 4.18. The molecule has 0 aromatic heterocycles. The standard InChI is InChI=1S/C12H15ClN2O2/c13-9-4-1-5-10(14)11(9)12(17)15-6-2-3-8(15)7-16/h1,4-5,8,16H,2-3,6-7,14H2/t8-/m1/s1. The monoisotopic (exact) mass is 254 g/mol. The van der Waals surface area contributed by atoms with Crippen molar-refractivity contribution in [3.63, 3.8) is 0 Å². The van der Waals surface area contributed by atoms with Crippen LogP contribution in [0.4, 0.5) is 5.69 Å². The first kappa shape index (κ1) is 12.2. The number of rotatable bonds is 2. The molecule has 3 N–H and O–H groups in total. The largest absolute Gasteiger partial charge is 0.398 e. The number of amides is 1. The van der Waals surface area contributed by atoms with E-state index in [2.05, 4.69) is 0 Å². The Labute approximate surface area is 105 Å². The summed E-state index contributed by atoms with van der Waals surface area (Å²) in [6.45, 7) is 0.630. The summed E-state index contributed by atoms with van der Waals surface area (Å²) in [4.78, 5) is 14.0. The molecular weight excluding hydrogens is 240 g/mol. The molecule has 92 valence electrons. The number of carbonyl (C=O) groups is 1. The van der Waals surface area contributed by atoms with Gasteiger partial charge in [0.1, 0.15) is 0 Å². The Hall–Kier alpha value is -1.26. The second kappa shape index (κ2) is 4.94. The van der Waals surface area contributed by atoms with Crippen molar-refractivity contribution >= 4 is 23.2 Å². The van der Waals surface area contributed by atoms with E-state index in [0.717, 1.165) is 12.8 Å². The number of nitrogen functional groups attached to an aromatic ring is 1. The lowest BCUT2D eigenvalue weighted by molar-refractivity contribution is 0.0679. The third-order valence-electron chi connectivity index (χ3n) is 3.11. The van der Waals surface area contributed by atoms with Crippen molar-refractivity contribution in [2.24, 2.45) is 0 Å². The number of halogens is 1. The van der Waals surface area contributed by atoms with Crippen LogP contribution in [0.2, 0.25) is 5.02 Å². The molecule has 1 amide bonds. The maximum Gasteiger partial charge on any atom is 0.257 e. The molecule has 1 aliphatic heterocycles. The van der Waals surface area contributed by atoms with Crippen LogP contribution in [0.25, 0.3) is 0 Å². The van der Waals surface area contributed by atoms with Crippen molar-refractivity contribution in [1.29, 1.82) is 0 Å². The predicted molar refractivity (Wildman–Crippen MR) is 67.0 cm³/mol. The Balaban J connectivity index is 2.31. The van der Waals surface area contributed by atoms with Gasteiger partial charge in [0.15, 0.2) is 0 Å². The molecule has 5 heteroatoms. The Bertz CT molecular complexity index is 416. The van der Waals surface area contributed by atoms with Crippen molar-refractivity contribution in [2.75, 3.05) is 18.9 Å². The van der Waals surface area contributed by atoms with Crippen LogP contribution in [0.3, 0.4) is 0 Å². The fraction of sp³-hybridized carbons (Fsp3) is 0.417. The summed E-state index contributed by atoms with van der Waals surface area (Å²) in [5.41, 5.74) is 6.51. The van der Waals surface area contributed by atoms with Crippen LogP contribution in [0.15, 0.2) is 18.2 Å². The third kappa shape index (κ3) is 2.23. The summed E-state index contributed by atoms with van der Waals surface area (Å²) < 4.78 is 0. The lowest BCUT2D eigenvalue weighted by atomic mass is 10.1. The maximum atomic E-state index is 12.3. The highest BCUT2D eigenvalue weighted by Gasteiger charge is 2.30.